The number of hydrogen-bond acceptors (Lipinski definition) is 3. The molecule has 98 valence electrons. The number of hydrogen-bond donors (Lipinski definition) is 2. The van der Waals surface area contributed by atoms with Crippen LogP contribution in [0.25, 0.3) is 0 Å². The molecule has 0 aromatic carbocycles. The number of nitrogens with one attached hydrogen (secondary N) is 1. The quantitative estimate of drug-likeness (QED) is 0.740. The van der Waals surface area contributed by atoms with E-state index in [1.54, 1.807) is 13.8 Å². The summed E-state index contributed by atoms with van der Waals surface area (Å²) >= 11 is 0. The van der Waals surface area contributed by atoms with Crippen molar-refractivity contribution in [3.63, 3.8) is 0 Å². The van der Waals surface area contributed by atoms with Gasteiger partial charge in [0.2, 0.25) is 11.8 Å². The van der Waals surface area contributed by atoms with Crippen LogP contribution >= 0.6 is 0 Å². The molecule has 2 unspecified atom stereocenters. The van der Waals surface area contributed by atoms with E-state index in [4.69, 9.17) is 5.73 Å². The topological polar surface area (TPSA) is 75.4 Å². The lowest BCUT2D eigenvalue weighted by Crippen LogP contribution is -2.49. The highest BCUT2D eigenvalue weighted by atomic mass is 16.2. The molecule has 1 aliphatic heterocycles. The molecular weight excluding hydrogens is 218 g/mol. The third kappa shape index (κ3) is 4.73. The van der Waals surface area contributed by atoms with Gasteiger partial charge in [-0.05, 0) is 33.1 Å². The van der Waals surface area contributed by atoms with Crippen molar-refractivity contribution in [2.75, 3.05) is 13.1 Å². The second kappa shape index (κ2) is 6.59. The standard InChI is InChI=1S/C12H23N3O2/c1-9(13)8-11(16)14-10(2)12(17)15-6-4-3-5-7-15/h9-10H,3-8,13H2,1-2H3,(H,14,16). The fourth-order valence-corrected chi connectivity index (χ4v) is 2.04. The molecule has 2 amide bonds. The van der Waals surface area contributed by atoms with Crippen molar-refractivity contribution >= 4 is 11.8 Å². The summed E-state index contributed by atoms with van der Waals surface area (Å²) in [6.07, 6.45) is 3.57. The van der Waals surface area contributed by atoms with Gasteiger partial charge >= 0.3 is 0 Å². The summed E-state index contributed by atoms with van der Waals surface area (Å²) in [5, 5.41) is 2.70. The van der Waals surface area contributed by atoms with Crippen molar-refractivity contribution < 1.29 is 9.59 Å². The maximum absolute atomic E-state index is 12.0. The van der Waals surface area contributed by atoms with Gasteiger partial charge in [-0.25, -0.2) is 0 Å². The summed E-state index contributed by atoms with van der Waals surface area (Å²) in [5.74, 6) is -0.138. The summed E-state index contributed by atoms with van der Waals surface area (Å²) in [6.45, 7) is 5.13. The predicted octanol–water partition coefficient (Wildman–Crippen LogP) is 0.241. The molecular formula is C12H23N3O2. The molecule has 1 heterocycles. The molecule has 2 atom stereocenters. The van der Waals surface area contributed by atoms with Crippen molar-refractivity contribution in [3.05, 3.63) is 0 Å². The maximum atomic E-state index is 12.0. The zero-order chi connectivity index (χ0) is 12.8. The van der Waals surface area contributed by atoms with Gasteiger partial charge in [0.15, 0.2) is 0 Å². The highest BCUT2D eigenvalue weighted by Crippen LogP contribution is 2.09. The molecule has 1 saturated heterocycles. The maximum Gasteiger partial charge on any atom is 0.244 e. The number of carbonyl (C=O) groups is 2. The first kappa shape index (κ1) is 14.0. The van der Waals surface area contributed by atoms with E-state index < -0.39 is 6.04 Å². The van der Waals surface area contributed by atoms with Crippen LogP contribution in [0.1, 0.15) is 39.5 Å². The van der Waals surface area contributed by atoms with Crippen molar-refractivity contribution in [1.29, 1.82) is 0 Å². The molecule has 3 N–H and O–H groups in total. The molecule has 0 aromatic rings. The second-order valence-corrected chi connectivity index (χ2v) is 4.86. The van der Waals surface area contributed by atoms with Crippen LogP contribution in [0.2, 0.25) is 0 Å². The Balaban J connectivity index is 2.37. The zero-order valence-corrected chi connectivity index (χ0v) is 10.7. The Hall–Kier alpha value is -1.10. The molecule has 0 bridgehead atoms. The average Bonchev–Trinajstić information content (AvgIpc) is 2.28. The smallest absolute Gasteiger partial charge is 0.244 e. The Morgan fingerprint density at radius 1 is 1.24 bits per heavy atom. The van der Waals surface area contributed by atoms with Gasteiger partial charge in [0.05, 0.1) is 0 Å². The van der Waals surface area contributed by atoms with E-state index in [2.05, 4.69) is 5.32 Å². The van der Waals surface area contributed by atoms with E-state index in [0.717, 1.165) is 25.9 Å². The normalized spacial score (nSPS) is 19.6. The lowest BCUT2D eigenvalue weighted by molar-refractivity contribution is -0.136. The Morgan fingerprint density at radius 2 is 1.82 bits per heavy atom. The molecule has 0 aromatic heterocycles. The van der Waals surface area contributed by atoms with E-state index in [0.29, 0.717) is 0 Å². The third-order valence-corrected chi connectivity index (χ3v) is 2.92. The van der Waals surface area contributed by atoms with Gasteiger partial charge in [-0.1, -0.05) is 0 Å². The number of piperidine rings is 1. The number of carbonyl (C=O) groups excluding carboxylic acids is 2. The first-order valence-electron chi connectivity index (χ1n) is 6.34. The molecule has 0 radical (unpaired) electrons. The number of amides is 2. The van der Waals surface area contributed by atoms with Gasteiger partial charge in [-0.3, -0.25) is 9.59 Å². The van der Waals surface area contributed by atoms with Gasteiger partial charge in [-0.15, -0.1) is 0 Å². The minimum Gasteiger partial charge on any atom is -0.345 e. The van der Waals surface area contributed by atoms with Crippen LogP contribution in [-0.4, -0.2) is 41.9 Å². The van der Waals surface area contributed by atoms with Crippen molar-refractivity contribution in [1.82, 2.24) is 10.2 Å². The molecule has 0 saturated carbocycles. The Kier molecular flexibility index (Phi) is 5.41. The minimum atomic E-state index is -0.445. The van der Waals surface area contributed by atoms with Crippen LogP contribution in [0.5, 0.6) is 0 Å². The van der Waals surface area contributed by atoms with Crippen LogP contribution in [-0.2, 0) is 9.59 Å². The van der Waals surface area contributed by atoms with Crippen LogP contribution in [0.3, 0.4) is 0 Å². The van der Waals surface area contributed by atoms with Crippen molar-refractivity contribution in [2.24, 2.45) is 5.73 Å². The highest BCUT2D eigenvalue weighted by molar-refractivity contribution is 5.87. The van der Waals surface area contributed by atoms with Crippen molar-refractivity contribution in [2.45, 2.75) is 51.6 Å². The van der Waals surface area contributed by atoms with Crippen LogP contribution in [0.4, 0.5) is 0 Å². The number of nitrogens with zero attached hydrogens (tertiary/aromatic N) is 1. The molecule has 0 aliphatic carbocycles. The molecule has 5 heteroatoms. The Morgan fingerprint density at radius 3 is 2.35 bits per heavy atom. The van der Waals surface area contributed by atoms with E-state index in [1.165, 1.54) is 6.42 Å². The fourth-order valence-electron chi connectivity index (χ4n) is 2.04. The molecule has 1 rings (SSSR count). The summed E-state index contributed by atoms with van der Waals surface area (Å²) in [5.41, 5.74) is 5.53. The van der Waals surface area contributed by atoms with Crippen molar-refractivity contribution in [3.8, 4) is 0 Å². The largest absolute Gasteiger partial charge is 0.345 e. The summed E-state index contributed by atoms with van der Waals surface area (Å²) in [4.78, 5) is 25.3. The van der Waals surface area contributed by atoms with E-state index in [9.17, 15) is 9.59 Å². The van der Waals surface area contributed by atoms with E-state index in [1.807, 2.05) is 4.90 Å². The second-order valence-electron chi connectivity index (χ2n) is 4.86. The third-order valence-electron chi connectivity index (χ3n) is 2.92. The molecule has 1 fully saturated rings. The van der Waals surface area contributed by atoms with Crippen LogP contribution < -0.4 is 11.1 Å². The van der Waals surface area contributed by atoms with Gasteiger partial charge in [0, 0.05) is 25.6 Å². The lowest BCUT2D eigenvalue weighted by atomic mass is 10.1. The molecule has 0 spiro atoms. The van der Waals surface area contributed by atoms with Gasteiger partial charge in [-0.2, -0.15) is 0 Å². The van der Waals surface area contributed by atoms with E-state index >= 15 is 0 Å². The van der Waals surface area contributed by atoms with Crippen LogP contribution in [0, 0.1) is 0 Å². The SMILES string of the molecule is CC(N)CC(=O)NC(C)C(=O)N1CCCCC1. The number of rotatable bonds is 4. The number of nitrogens with two attached hydrogens (primary N) is 1. The fraction of sp³-hybridized carbons (Fsp3) is 0.833. The molecule has 5 nitrogen and oxygen atoms in total. The molecule has 17 heavy (non-hydrogen) atoms. The van der Waals surface area contributed by atoms with Gasteiger partial charge in [0.1, 0.15) is 6.04 Å². The zero-order valence-electron chi connectivity index (χ0n) is 10.7. The monoisotopic (exact) mass is 241 g/mol. The van der Waals surface area contributed by atoms with Gasteiger partial charge < -0.3 is 16.0 Å². The average molecular weight is 241 g/mol. The highest BCUT2D eigenvalue weighted by Gasteiger charge is 2.23. The summed E-state index contributed by atoms with van der Waals surface area (Å²) in [7, 11) is 0. The number of likely N-dealkylation sites (tertiary alicyclic amines) is 1. The molecule has 1 aliphatic rings. The first-order chi connectivity index (χ1) is 8.00. The Bertz CT molecular complexity index is 273. The Labute approximate surface area is 103 Å². The first-order valence-corrected chi connectivity index (χ1v) is 6.34. The van der Waals surface area contributed by atoms with E-state index in [-0.39, 0.29) is 24.3 Å². The predicted molar refractivity (Wildman–Crippen MR) is 66.3 cm³/mol. The van der Waals surface area contributed by atoms with Crippen LogP contribution in [0.15, 0.2) is 0 Å². The summed E-state index contributed by atoms with van der Waals surface area (Å²) < 4.78 is 0. The van der Waals surface area contributed by atoms with Gasteiger partial charge in [0.25, 0.3) is 0 Å². The minimum absolute atomic E-state index is 0.0164. The lowest BCUT2D eigenvalue weighted by Gasteiger charge is -2.29. The summed E-state index contributed by atoms with van der Waals surface area (Å²) in [6, 6.07) is -0.619.